The van der Waals surface area contributed by atoms with Gasteiger partial charge in [-0.15, -0.1) is 10.2 Å². The van der Waals surface area contributed by atoms with Gasteiger partial charge in [0, 0.05) is 11.4 Å². The van der Waals surface area contributed by atoms with Gasteiger partial charge < -0.3 is 11.1 Å². The number of rotatable bonds is 5. The summed E-state index contributed by atoms with van der Waals surface area (Å²) in [4.78, 5) is 11.9. The molecule has 2 aromatic rings. The molecule has 1 aromatic carbocycles. The Hall–Kier alpha value is -1.25. The minimum Gasteiger partial charge on any atom is -0.399 e. The van der Waals surface area contributed by atoms with E-state index in [0.717, 1.165) is 19.9 Å². The highest BCUT2D eigenvalue weighted by atomic mass is 32.2. The van der Waals surface area contributed by atoms with Gasteiger partial charge in [0.2, 0.25) is 5.91 Å². The van der Waals surface area contributed by atoms with Crippen molar-refractivity contribution < 1.29 is 4.79 Å². The molecule has 0 fully saturated rings. The number of nitrogens with two attached hydrogens (primary N) is 1. The third kappa shape index (κ3) is 4.12. The van der Waals surface area contributed by atoms with Crippen LogP contribution in [0.3, 0.4) is 0 Å². The lowest BCUT2D eigenvalue weighted by Crippen LogP contribution is -2.15. The van der Waals surface area contributed by atoms with Crippen LogP contribution < -0.4 is 11.1 Å². The molecule has 0 atom stereocenters. The molecule has 0 aliphatic carbocycles. The van der Waals surface area contributed by atoms with Crippen molar-refractivity contribution >= 4 is 52.1 Å². The standard InChI is InChI=1S/C12H14N4OS3/c1-7-3-4-8(13)5-9(7)14-10(17)6-19-12-16-15-11(18-2)20-12/h3-5H,6,13H2,1-2H3,(H,14,17). The van der Waals surface area contributed by atoms with Crippen LogP contribution >= 0.6 is 34.9 Å². The number of aryl methyl sites for hydroxylation is 1. The number of benzene rings is 1. The molecular weight excluding hydrogens is 312 g/mol. The van der Waals surface area contributed by atoms with Gasteiger partial charge in [-0.2, -0.15) is 0 Å². The molecule has 5 nitrogen and oxygen atoms in total. The Bertz CT molecular complexity index is 614. The third-order valence-electron chi connectivity index (χ3n) is 2.42. The lowest BCUT2D eigenvalue weighted by Gasteiger charge is -2.08. The summed E-state index contributed by atoms with van der Waals surface area (Å²) in [5.41, 5.74) is 8.07. The van der Waals surface area contributed by atoms with Gasteiger partial charge in [0.15, 0.2) is 8.68 Å². The Kier molecular flexibility index (Phi) is 5.27. The highest BCUT2D eigenvalue weighted by Crippen LogP contribution is 2.27. The zero-order chi connectivity index (χ0) is 14.5. The van der Waals surface area contributed by atoms with E-state index in [1.54, 1.807) is 17.8 Å². The summed E-state index contributed by atoms with van der Waals surface area (Å²) in [6, 6.07) is 5.45. The number of thioether (sulfide) groups is 2. The molecule has 1 aromatic heterocycles. The van der Waals surface area contributed by atoms with Crippen LogP contribution in [0.2, 0.25) is 0 Å². The van der Waals surface area contributed by atoms with Crippen LogP contribution in [0.5, 0.6) is 0 Å². The highest BCUT2D eigenvalue weighted by molar-refractivity contribution is 8.03. The molecule has 0 saturated heterocycles. The Morgan fingerprint density at radius 3 is 2.85 bits per heavy atom. The van der Waals surface area contributed by atoms with Crippen LogP contribution in [0, 0.1) is 6.92 Å². The topological polar surface area (TPSA) is 80.9 Å². The fourth-order valence-electron chi connectivity index (χ4n) is 1.43. The second-order valence-corrected chi connectivity index (χ2v) is 7.20. The summed E-state index contributed by atoms with van der Waals surface area (Å²) >= 11 is 4.42. The maximum Gasteiger partial charge on any atom is 0.234 e. The number of carbonyl (C=O) groups is 1. The fourth-order valence-corrected chi connectivity index (χ4v) is 3.66. The lowest BCUT2D eigenvalue weighted by molar-refractivity contribution is -0.113. The number of carbonyl (C=O) groups excluding carboxylic acids is 1. The first kappa shape index (κ1) is 15.1. The first-order valence-corrected chi connectivity index (χ1v) is 8.77. The smallest absolute Gasteiger partial charge is 0.234 e. The maximum absolute atomic E-state index is 11.9. The lowest BCUT2D eigenvalue weighted by atomic mass is 10.2. The van der Waals surface area contributed by atoms with Crippen LogP contribution in [0.15, 0.2) is 26.9 Å². The van der Waals surface area contributed by atoms with Crippen molar-refractivity contribution in [3.63, 3.8) is 0 Å². The van der Waals surface area contributed by atoms with Crippen LogP contribution in [-0.4, -0.2) is 28.1 Å². The summed E-state index contributed by atoms with van der Waals surface area (Å²) in [6.45, 7) is 1.93. The van der Waals surface area contributed by atoms with Crippen molar-refractivity contribution in [3.8, 4) is 0 Å². The number of hydrogen-bond acceptors (Lipinski definition) is 7. The summed E-state index contributed by atoms with van der Waals surface area (Å²) in [7, 11) is 0. The van der Waals surface area contributed by atoms with Crippen molar-refractivity contribution in [2.45, 2.75) is 15.6 Å². The maximum atomic E-state index is 11.9. The van der Waals surface area contributed by atoms with E-state index < -0.39 is 0 Å². The third-order valence-corrected chi connectivity index (χ3v) is 5.46. The monoisotopic (exact) mass is 326 g/mol. The van der Waals surface area contributed by atoms with E-state index in [0.29, 0.717) is 11.4 Å². The predicted octanol–water partition coefficient (Wildman–Crippen LogP) is 2.88. The summed E-state index contributed by atoms with van der Waals surface area (Å²) in [5.74, 6) is 0.224. The zero-order valence-corrected chi connectivity index (χ0v) is 13.5. The number of anilines is 2. The predicted molar refractivity (Wildman–Crippen MR) is 86.6 cm³/mol. The van der Waals surface area contributed by atoms with Crippen LogP contribution in [0.4, 0.5) is 11.4 Å². The van der Waals surface area contributed by atoms with E-state index in [2.05, 4.69) is 15.5 Å². The Balaban J connectivity index is 1.90. The molecule has 0 radical (unpaired) electrons. The summed E-state index contributed by atoms with van der Waals surface area (Å²) < 4.78 is 1.70. The largest absolute Gasteiger partial charge is 0.399 e. The van der Waals surface area contributed by atoms with Gasteiger partial charge in [0.1, 0.15) is 0 Å². The molecule has 0 aliphatic heterocycles. The molecule has 0 bridgehead atoms. The van der Waals surface area contributed by atoms with Gasteiger partial charge in [0.25, 0.3) is 0 Å². The molecule has 20 heavy (non-hydrogen) atoms. The average Bonchev–Trinajstić information content (AvgIpc) is 2.89. The number of amides is 1. The molecule has 0 aliphatic rings. The Morgan fingerprint density at radius 2 is 2.15 bits per heavy atom. The molecule has 1 heterocycles. The van der Waals surface area contributed by atoms with Crippen molar-refractivity contribution in [2.75, 3.05) is 23.1 Å². The van der Waals surface area contributed by atoms with Gasteiger partial charge in [-0.3, -0.25) is 4.79 Å². The van der Waals surface area contributed by atoms with E-state index >= 15 is 0 Å². The Labute approximate surface area is 129 Å². The van der Waals surface area contributed by atoms with Gasteiger partial charge in [-0.1, -0.05) is 40.9 Å². The van der Waals surface area contributed by atoms with Crippen LogP contribution in [0.25, 0.3) is 0 Å². The van der Waals surface area contributed by atoms with Gasteiger partial charge in [0.05, 0.1) is 5.75 Å². The Morgan fingerprint density at radius 1 is 1.40 bits per heavy atom. The number of nitrogen functional groups attached to an aromatic ring is 1. The molecule has 106 valence electrons. The van der Waals surface area contributed by atoms with E-state index in [9.17, 15) is 4.79 Å². The van der Waals surface area contributed by atoms with Crippen molar-refractivity contribution in [1.82, 2.24) is 10.2 Å². The fraction of sp³-hybridized carbons (Fsp3) is 0.250. The number of aromatic nitrogens is 2. The van der Waals surface area contributed by atoms with Crippen LogP contribution in [-0.2, 0) is 4.79 Å². The minimum absolute atomic E-state index is 0.0791. The number of nitrogens with one attached hydrogen (secondary N) is 1. The molecule has 0 spiro atoms. The van der Waals surface area contributed by atoms with Crippen molar-refractivity contribution in [2.24, 2.45) is 0 Å². The average molecular weight is 326 g/mol. The molecule has 3 N–H and O–H groups in total. The van der Waals surface area contributed by atoms with Crippen molar-refractivity contribution in [3.05, 3.63) is 23.8 Å². The number of nitrogens with zero attached hydrogens (tertiary/aromatic N) is 2. The molecule has 0 unspecified atom stereocenters. The minimum atomic E-state index is -0.0791. The highest BCUT2D eigenvalue weighted by Gasteiger charge is 2.09. The van der Waals surface area contributed by atoms with E-state index in [1.165, 1.54) is 23.1 Å². The van der Waals surface area contributed by atoms with Crippen molar-refractivity contribution in [1.29, 1.82) is 0 Å². The second kappa shape index (κ2) is 6.96. The quantitative estimate of drug-likeness (QED) is 0.649. The summed E-state index contributed by atoms with van der Waals surface area (Å²) in [6.07, 6.45) is 1.95. The molecule has 1 amide bonds. The zero-order valence-electron chi connectivity index (χ0n) is 11.0. The van der Waals surface area contributed by atoms with Gasteiger partial charge in [-0.25, -0.2) is 0 Å². The number of hydrogen-bond donors (Lipinski definition) is 2. The first-order chi connectivity index (χ1) is 9.58. The SMILES string of the molecule is CSc1nnc(SCC(=O)Nc2cc(N)ccc2C)s1. The molecule has 0 saturated carbocycles. The summed E-state index contributed by atoms with van der Waals surface area (Å²) in [5, 5.41) is 10.8. The van der Waals surface area contributed by atoms with Gasteiger partial charge in [-0.05, 0) is 30.9 Å². The molecule has 8 heteroatoms. The second-order valence-electron chi connectivity index (χ2n) is 3.95. The molecule has 2 rings (SSSR count). The van der Waals surface area contributed by atoms with E-state index in [1.807, 2.05) is 25.3 Å². The van der Waals surface area contributed by atoms with E-state index in [4.69, 9.17) is 5.73 Å². The van der Waals surface area contributed by atoms with Crippen LogP contribution in [0.1, 0.15) is 5.56 Å². The first-order valence-electron chi connectivity index (χ1n) is 5.75. The normalized spacial score (nSPS) is 10.5. The van der Waals surface area contributed by atoms with Gasteiger partial charge >= 0.3 is 0 Å². The molecular formula is C12H14N4OS3. The van der Waals surface area contributed by atoms with E-state index in [-0.39, 0.29) is 5.91 Å².